The highest BCUT2D eigenvalue weighted by atomic mass is 16.4. The second kappa shape index (κ2) is 5.31. The highest BCUT2D eigenvalue weighted by Gasteiger charge is 2.24. The van der Waals surface area contributed by atoms with Crippen LogP contribution in [0.2, 0.25) is 0 Å². The van der Waals surface area contributed by atoms with Crippen molar-refractivity contribution in [2.75, 3.05) is 18.5 Å². The number of hydrogen-bond acceptors (Lipinski definition) is 4. The third-order valence-corrected chi connectivity index (χ3v) is 4.53. The van der Waals surface area contributed by atoms with E-state index in [4.69, 9.17) is 15.9 Å². The highest BCUT2D eigenvalue weighted by Crippen LogP contribution is 2.31. The summed E-state index contributed by atoms with van der Waals surface area (Å²) in [5.74, 6) is 1.77. The number of aryl methyl sites for hydroxylation is 2. The van der Waals surface area contributed by atoms with Crippen LogP contribution in [0, 0.1) is 5.92 Å². The van der Waals surface area contributed by atoms with Gasteiger partial charge in [0.25, 0.3) is 0 Å². The zero-order valence-corrected chi connectivity index (χ0v) is 12.0. The fourth-order valence-corrected chi connectivity index (χ4v) is 3.14. The molecule has 0 radical (unpaired) electrons. The van der Waals surface area contributed by atoms with Gasteiger partial charge in [0, 0.05) is 19.3 Å². The molecule has 108 valence electrons. The molecule has 1 aromatic heterocycles. The van der Waals surface area contributed by atoms with E-state index in [2.05, 4.69) is 23.2 Å². The van der Waals surface area contributed by atoms with Crippen molar-refractivity contribution in [1.29, 1.82) is 0 Å². The summed E-state index contributed by atoms with van der Waals surface area (Å²) in [5.41, 5.74) is 9.02. The Morgan fingerprint density at radius 3 is 2.90 bits per heavy atom. The van der Waals surface area contributed by atoms with Gasteiger partial charge in [0.1, 0.15) is 5.82 Å². The van der Waals surface area contributed by atoms with E-state index in [9.17, 15) is 0 Å². The molecule has 3 rings (SSSR count). The number of amidine groups is 1. The van der Waals surface area contributed by atoms with Crippen molar-refractivity contribution in [3.63, 3.8) is 0 Å². The molecule has 0 saturated heterocycles. The van der Waals surface area contributed by atoms with Crippen LogP contribution >= 0.6 is 0 Å². The van der Waals surface area contributed by atoms with Gasteiger partial charge >= 0.3 is 0 Å². The summed E-state index contributed by atoms with van der Waals surface area (Å²) in [5, 5.41) is 12.2. The number of aromatic nitrogens is 1. The number of anilines is 1. The molecule has 3 N–H and O–H groups in total. The van der Waals surface area contributed by atoms with Crippen LogP contribution in [0.4, 0.5) is 5.82 Å². The zero-order chi connectivity index (χ0) is 14.1. The lowest BCUT2D eigenvalue weighted by atomic mass is 9.85. The fraction of sp³-hybridized carbons (Fsp3) is 0.600. The smallest absolute Gasteiger partial charge is 0.173 e. The molecule has 2 aliphatic carbocycles. The molecule has 0 spiro atoms. The van der Waals surface area contributed by atoms with E-state index in [0.717, 1.165) is 43.1 Å². The second-order valence-corrected chi connectivity index (χ2v) is 5.98. The Morgan fingerprint density at radius 2 is 2.25 bits per heavy atom. The summed E-state index contributed by atoms with van der Waals surface area (Å²) in [6.07, 6.45) is 7.16. The van der Waals surface area contributed by atoms with Gasteiger partial charge in [-0.2, -0.15) is 0 Å². The van der Waals surface area contributed by atoms with Crippen molar-refractivity contribution < 1.29 is 5.21 Å². The van der Waals surface area contributed by atoms with Crippen LogP contribution in [0.25, 0.3) is 0 Å². The van der Waals surface area contributed by atoms with Gasteiger partial charge in [-0.25, -0.2) is 4.98 Å². The molecule has 2 aliphatic rings. The van der Waals surface area contributed by atoms with Crippen LogP contribution in [0.3, 0.4) is 0 Å². The van der Waals surface area contributed by atoms with E-state index in [0.29, 0.717) is 0 Å². The predicted molar refractivity (Wildman–Crippen MR) is 79.4 cm³/mol. The third-order valence-electron chi connectivity index (χ3n) is 4.53. The molecule has 0 atom stereocenters. The number of hydrogen-bond donors (Lipinski definition) is 2. The Morgan fingerprint density at radius 1 is 1.45 bits per heavy atom. The van der Waals surface area contributed by atoms with E-state index in [1.165, 1.54) is 30.5 Å². The normalized spacial score (nSPS) is 18.8. The predicted octanol–water partition coefficient (Wildman–Crippen LogP) is 1.90. The van der Waals surface area contributed by atoms with Crippen LogP contribution in [0.1, 0.15) is 42.5 Å². The average Bonchev–Trinajstić information content (AvgIpc) is 2.87. The maximum absolute atomic E-state index is 9.00. The topological polar surface area (TPSA) is 74.7 Å². The van der Waals surface area contributed by atoms with Crippen LogP contribution < -0.4 is 10.6 Å². The molecule has 5 heteroatoms. The number of pyridine rings is 1. The molecule has 1 saturated carbocycles. The Kier molecular flexibility index (Phi) is 3.51. The number of rotatable bonds is 4. The molecule has 1 aromatic rings. The molecule has 0 unspecified atom stereocenters. The average molecular weight is 274 g/mol. The SMILES string of the molecule is CN(CC1CCC1)c1nc2c(cc1C(N)=NO)CCC2. The van der Waals surface area contributed by atoms with Crippen molar-refractivity contribution in [3.05, 3.63) is 22.9 Å². The maximum Gasteiger partial charge on any atom is 0.173 e. The number of nitrogens with two attached hydrogens (primary N) is 1. The maximum atomic E-state index is 9.00. The first kappa shape index (κ1) is 13.2. The summed E-state index contributed by atoms with van der Waals surface area (Å²) < 4.78 is 0. The van der Waals surface area contributed by atoms with Gasteiger partial charge in [-0.15, -0.1) is 0 Å². The quantitative estimate of drug-likeness (QED) is 0.380. The van der Waals surface area contributed by atoms with Gasteiger partial charge in [-0.1, -0.05) is 11.6 Å². The first-order valence-corrected chi connectivity index (χ1v) is 7.41. The molecule has 0 aliphatic heterocycles. The van der Waals surface area contributed by atoms with E-state index in [1.807, 2.05) is 0 Å². The van der Waals surface area contributed by atoms with Crippen LogP contribution in [-0.2, 0) is 12.8 Å². The Labute approximate surface area is 119 Å². The van der Waals surface area contributed by atoms with E-state index >= 15 is 0 Å². The zero-order valence-electron chi connectivity index (χ0n) is 12.0. The van der Waals surface area contributed by atoms with Crippen molar-refractivity contribution in [3.8, 4) is 0 Å². The monoisotopic (exact) mass is 274 g/mol. The Bertz CT molecular complexity index is 537. The summed E-state index contributed by atoms with van der Waals surface area (Å²) in [4.78, 5) is 6.95. The Hall–Kier alpha value is -1.78. The van der Waals surface area contributed by atoms with Crippen LogP contribution in [-0.4, -0.2) is 29.6 Å². The standard InChI is InChI=1S/C15H22N4O/c1-19(9-10-4-2-5-10)15-12(14(16)18-20)8-11-6-3-7-13(11)17-15/h8,10,20H,2-7,9H2,1H3,(H2,16,18). The first-order valence-electron chi connectivity index (χ1n) is 7.41. The Balaban J connectivity index is 1.94. The van der Waals surface area contributed by atoms with Gasteiger partial charge in [0.2, 0.25) is 0 Å². The van der Waals surface area contributed by atoms with E-state index < -0.39 is 0 Å². The lowest BCUT2D eigenvalue weighted by Gasteiger charge is -2.31. The number of nitrogens with zero attached hydrogens (tertiary/aromatic N) is 3. The minimum absolute atomic E-state index is 0.155. The van der Waals surface area contributed by atoms with E-state index in [-0.39, 0.29) is 5.84 Å². The summed E-state index contributed by atoms with van der Waals surface area (Å²) >= 11 is 0. The van der Waals surface area contributed by atoms with Gasteiger partial charge < -0.3 is 15.8 Å². The van der Waals surface area contributed by atoms with Crippen molar-refractivity contribution in [2.45, 2.75) is 38.5 Å². The highest BCUT2D eigenvalue weighted by molar-refractivity contribution is 6.01. The van der Waals surface area contributed by atoms with E-state index in [1.54, 1.807) is 0 Å². The molecular weight excluding hydrogens is 252 g/mol. The molecule has 0 bridgehead atoms. The number of oxime groups is 1. The molecule has 0 aromatic carbocycles. The fourth-order valence-electron chi connectivity index (χ4n) is 3.14. The van der Waals surface area contributed by atoms with Crippen LogP contribution in [0.15, 0.2) is 11.2 Å². The van der Waals surface area contributed by atoms with Gasteiger partial charge in [-0.3, -0.25) is 0 Å². The second-order valence-electron chi connectivity index (χ2n) is 5.98. The summed E-state index contributed by atoms with van der Waals surface area (Å²) in [6, 6.07) is 2.05. The van der Waals surface area contributed by atoms with Gasteiger partial charge in [0.15, 0.2) is 5.84 Å². The lowest BCUT2D eigenvalue weighted by Crippen LogP contribution is -2.32. The molecular formula is C15H22N4O. The van der Waals surface area contributed by atoms with Crippen LogP contribution in [0.5, 0.6) is 0 Å². The molecule has 20 heavy (non-hydrogen) atoms. The molecule has 5 nitrogen and oxygen atoms in total. The number of fused-ring (bicyclic) bond motifs is 1. The van der Waals surface area contributed by atoms with Gasteiger partial charge in [-0.05, 0) is 49.7 Å². The summed E-state index contributed by atoms with van der Waals surface area (Å²) in [6.45, 7) is 0.998. The lowest BCUT2D eigenvalue weighted by molar-refractivity contribution is 0.318. The molecule has 1 heterocycles. The largest absolute Gasteiger partial charge is 0.409 e. The first-order chi connectivity index (χ1) is 9.69. The minimum atomic E-state index is 0.155. The minimum Gasteiger partial charge on any atom is -0.409 e. The van der Waals surface area contributed by atoms with Gasteiger partial charge in [0.05, 0.1) is 5.56 Å². The third kappa shape index (κ3) is 2.32. The molecule has 1 fully saturated rings. The van der Waals surface area contributed by atoms with Crippen molar-refractivity contribution in [1.82, 2.24) is 4.98 Å². The molecule has 0 amide bonds. The summed E-state index contributed by atoms with van der Waals surface area (Å²) in [7, 11) is 2.05. The van der Waals surface area contributed by atoms with Crippen molar-refractivity contribution >= 4 is 11.7 Å². The van der Waals surface area contributed by atoms with Crippen molar-refractivity contribution in [2.24, 2.45) is 16.8 Å².